The molecule has 0 aromatic heterocycles. The maximum atomic E-state index is 4.00. The molecular weight excluding hydrogens is 278 g/mol. The van der Waals surface area contributed by atoms with Crippen LogP contribution in [-0.4, -0.2) is 24.5 Å². The highest BCUT2D eigenvalue weighted by molar-refractivity contribution is 4.60. The molecule has 1 nitrogen and oxygen atoms in total. The Bertz CT molecular complexity index is 197. The fourth-order valence-electron chi connectivity index (χ4n) is 2.98. The van der Waals surface area contributed by atoms with Crippen molar-refractivity contribution >= 4 is 0 Å². The lowest BCUT2D eigenvalue weighted by Gasteiger charge is -2.22. The molecule has 138 valence electrons. The molecule has 0 rings (SSSR count). The number of rotatable bonds is 17. The summed E-state index contributed by atoms with van der Waals surface area (Å²) in [7, 11) is 0. The summed E-state index contributed by atoms with van der Waals surface area (Å²) in [6, 6.07) is 0. The van der Waals surface area contributed by atoms with E-state index >= 15 is 0 Å². The Labute approximate surface area is 148 Å². The molecule has 0 aromatic carbocycles. The van der Waals surface area contributed by atoms with Crippen LogP contribution in [0.3, 0.4) is 0 Å². The van der Waals surface area contributed by atoms with E-state index in [0.717, 1.165) is 0 Å². The van der Waals surface area contributed by atoms with Crippen molar-refractivity contribution in [2.75, 3.05) is 19.6 Å². The zero-order valence-electron chi connectivity index (χ0n) is 16.6. The average molecular weight is 324 g/mol. The normalized spacial score (nSPS) is 10.5. The van der Waals surface area contributed by atoms with Gasteiger partial charge in [0.15, 0.2) is 0 Å². The highest BCUT2D eigenvalue weighted by Crippen LogP contribution is 2.09. The van der Waals surface area contributed by atoms with Crippen LogP contribution in [-0.2, 0) is 0 Å². The molecule has 0 aliphatic heterocycles. The monoisotopic (exact) mass is 323 g/mol. The lowest BCUT2D eigenvalue weighted by atomic mass is 10.1. The number of terminal acetylenes is 1. The van der Waals surface area contributed by atoms with E-state index in [0.29, 0.717) is 0 Å². The van der Waals surface area contributed by atoms with Crippen molar-refractivity contribution in [3.63, 3.8) is 0 Å². The van der Waals surface area contributed by atoms with Gasteiger partial charge in [-0.05, 0) is 38.9 Å². The molecule has 0 bridgehead atoms. The zero-order chi connectivity index (χ0) is 17.6. The molecule has 0 aliphatic carbocycles. The van der Waals surface area contributed by atoms with Gasteiger partial charge in [-0.15, -0.1) is 12.8 Å². The van der Waals surface area contributed by atoms with E-state index in [4.69, 9.17) is 0 Å². The first-order valence-electron chi connectivity index (χ1n) is 10.4. The molecule has 1 heteroatoms. The molecule has 0 aromatic rings. The fourth-order valence-corrected chi connectivity index (χ4v) is 2.98. The molecule has 0 radical (unpaired) electrons. The van der Waals surface area contributed by atoms with Gasteiger partial charge in [-0.3, -0.25) is 0 Å². The molecular formula is C22H45N. The summed E-state index contributed by atoms with van der Waals surface area (Å²) in [5, 5.41) is 0. The van der Waals surface area contributed by atoms with Crippen LogP contribution in [0.15, 0.2) is 0 Å². The molecule has 0 N–H and O–H groups in total. The fraction of sp³-hybridized carbons (Fsp3) is 0.909. The van der Waals surface area contributed by atoms with Gasteiger partial charge in [-0.25, -0.2) is 0 Å². The van der Waals surface area contributed by atoms with Crippen LogP contribution in [0.4, 0.5) is 0 Å². The van der Waals surface area contributed by atoms with Crippen LogP contribution in [0.2, 0.25) is 0 Å². The van der Waals surface area contributed by atoms with Crippen molar-refractivity contribution in [2.24, 2.45) is 0 Å². The highest BCUT2D eigenvalue weighted by atomic mass is 15.1. The van der Waals surface area contributed by atoms with Gasteiger partial charge in [0.1, 0.15) is 0 Å². The molecule has 0 saturated heterocycles. The summed E-state index contributed by atoms with van der Waals surface area (Å²) in [5.41, 5.74) is 0. The zero-order valence-corrected chi connectivity index (χ0v) is 16.6. The summed E-state index contributed by atoms with van der Waals surface area (Å²) in [5.74, 6) is 0. The minimum Gasteiger partial charge on any atom is -0.303 e. The second-order valence-corrected chi connectivity index (χ2v) is 6.73. The number of nitrogens with zero attached hydrogens (tertiary/aromatic N) is 1. The molecule has 0 aliphatic rings. The van der Waals surface area contributed by atoms with Crippen LogP contribution >= 0.6 is 0 Å². The average Bonchev–Trinajstić information content (AvgIpc) is 2.59. The van der Waals surface area contributed by atoms with Gasteiger partial charge in [-0.2, -0.15) is 0 Å². The third-order valence-electron chi connectivity index (χ3n) is 4.48. The molecule has 0 saturated carbocycles. The number of hydrogen-bond donors (Lipinski definition) is 0. The van der Waals surface area contributed by atoms with E-state index in [-0.39, 0.29) is 0 Å². The molecule has 0 unspecified atom stereocenters. The Morgan fingerprint density at radius 1 is 0.435 bits per heavy atom. The van der Waals surface area contributed by atoms with E-state index in [1.807, 2.05) is 0 Å². The maximum Gasteiger partial charge on any atom is -0.00187 e. The van der Waals surface area contributed by atoms with Gasteiger partial charge < -0.3 is 4.90 Å². The molecule has 0 spiro atoms. The first kappa shape index (κ1) is 24.8. The Morgan fingerprint density at radius 3 is 1.04 bits per heavy atom. The van der Waals surface area contributed by atoms with Crippen molar-refractivity contribution in [1.82, 2.24) is 4.90 Å². The van der Waals surface area contributed by atoms with Gasteiger partial charge in [-0.1, -0.05) is 91.4 Å². The minimum absolute atomic E-state index is 1.35. The summed E-state index contributed by atoms with van der Waals surface area (Å²) < 4.78 is 0. The highest BCUT2D eigenvalue weighted by Gasteiger charge is 2.04. The Hall–Kier alpha value is -0.480. The lowest BCUT2D eigenvalue weighted by Crippen LogP contribution is -2.27. The first-order valence-corrected chi connectivity index (χ1v) is 10.4. The minimum atomic E-state index is 1.35. The number of hydrogen-bond acceptors (Lipinski definition) is 1. The van der Waals surface area contributed by atoms with Crippen LogP contribution in [0.1, 0.15) is 111 Å². The summed E-state index contributed by atoms with van der Waals surface area (Å²) in [6.07, 6.45) is 27.8. The molecule has 23 heavy (non-hydrogen) atoms. The van der Waals surface area contributed by atoms with Crippen molar-refractivity contribution in [1.29, 1.82) is 0 Å². The third kappa shape index (κ3) is 21.5. The summed E-state index contributed by atoms with van der Waals surface area (Å²) in [4.78, 5) is 2.76. The Balaban J connectivity index is 0. The topological polar surface area (TPSA) is 3.24 Å². The molecule has 0 heterocycles. The molecule has 0 atom stereocenters. The van der Waals surface area contributed by atoms with Gasteiger partial charge >= 0.3 is 0 Å². The number of unbranched alkanes of at least 4 members (excludes halogenated alkanes) is 11. The van der Waals surface area contributed by atoms with Gasteiger partial charge in [0.05, 0.1) is 0 Å². The Kier molecular flexibility index (Phi) is 25.6. The van der Waals surface area contributed by atoms with Crippen LogP contribution < -0.4 is 0 Å². The van der Waals surface area contributed by atoms with Gasteiger partial charge in [0.2, 0.25) is 0 Å². The van der Waals surface area contributed by atoms with Crippen LogP contribution in [0, 0.1) is 12.8 Å². The second kappa shape index (κ2) is 23.8. The predicted octanol–water partition coefficient (Wildman–Crippen LogP) is 7.06. The van der Waals surface area contributed by atoms with Crippen molar-refractivity contribution < 1.29 is 0 Å². The standard InChI is InChI=1S/C20H43N.C2H2/c1-4-7-10-13-14-17-20-21(18-15-11-8-5-2)19-16-12-9-6-3;1-2/h4-20H2,1-3H3;1-2H. The predicted molar refractivity (Wildman–Crippen MR) is 108 cm³/mol. The van der Waals surface area contributed by atoms with Crippen molar-refractivity contribution in [2.45, 2.75) is 111 Å². The first-order chi connectivity index (χ1) is 11.3. The second-order valence-electron chi connectivity index (χ2n) is 6.73. The summed E-state index contributed by atoms with van der Waals surface area (Å²) in [6.45, 7) is 11.0. The van der Waals surface area contributed by atoms with E-state index in [9.17, 15) is 0 Å². The largest absolute Gasteiger partial charge is 0.303 e. The SMILES string of the molecule is C#C.CCCCCCCCN(CCCCCC)CCCCCC. The van der Waals surface area contributed by atoms with E-state index in [1.54, 1.807) is 0 Å². The van der Waals surface area contributed by atoms with Gasteiger partial charge in [0, 0.05) is 0 Å². The van der Waals surface area contributed by atoms with Crippen molar-refractivity contribution in [3.05, 3.63) is 0 Å². The molecule has 0 amide bonds. The lowest BCUT2D eigenvalue weighted by molar-refractivity contribution is 0.254. The third-order valence-corrected chi connectivity index (χ3v) is 4.48. The van der Waals surface area contributed by atoms with E-state index in [2.05, 4.69) is 38.5 Å². The van der Waals surface area contributed by atoms with E-state index < -0.39 is 0 Å². The van der Waals surface area contributed by atoms with Gasteiger partial charge in [0.25, 0.3) is 0 Å². The van der Waals surface area contributed by atoms with E-state index in [1.165, 1.54) is 110 Å². The maximum absolute atomic E-state index is 4.00. The Morgan fingerprint density at radius 2 is 0.696 bits per heavy atom. The smallest absolute Gasteiger partial charge is 0.00187 e. The van der Waals surface area contributed by atoms with Crippen LogP contribution in [0.5, 0.6) is 0 Å². The quantitative estimate of drug-likeness (QED) is 0.204. The van der Waals surface area contributed by atoms with Crippen LogP contribution in [0.25, 0.3) is 0 Å². The van der Waals surface area contributed by atoms with Crippen molar-refractivity contribution in [3.8, 4) is 12.8 Å². The molecule has 0 fully saturated rings. The summed E-state index contributed by atoms with van der Waals surface area (Å²) >= 11 is 0.